The summed E-state index contributed by atoms with van der Waals surface area (Å²) in [6.07, 6.45) is -0.305. The van der Waals surface area contributed by atoms with Gasteiger partial charge in [0.15, 0.2) is 6.67 Å². The first-order valence-electron chi connectivity index (χ1n) is 10.2. The monoisotopic (exact) mass is 432 g/mol. The third-order valence-electron chi connectivity index (χ3n) is 6.10. The summed E-state index contributed by atoms with van der Waals surface area (Å²) in [6.45, 7) is 3.88. The maximum Gasteiger partial charge on any atom is 0.296 e. The number of piperazine rings is 1. The number of benzene rings is 2. The topological polar surface area (TPSA) is 46.5 Å². The van der Waals surface area contributed by atoms with Gasteiger partial charge in [0.1, 0.15) is 5.82 Å². The lowest BCUT2D eigenvalue weighted by Crippen LogP contribution is -3.16. The number of nitrogens with zero attached hydrogens (tertiary/aromatic N) is 2. The fourth-order valence-corrected chi connectivity index (χ4v) is 4.69. The minimum absolute atomic E-state index is 0.194. The van der Waals surface area contributed by atoms with Crippen LogP contribution in [0.2, 0.25) is 0 Å². The Labute approximate surface area is 179 Å². The number of ether oxygens (including phenoxy) is 2. The third-order valence-corrected chi connectivity index (χ3v) is 6.44. The number of amides is 1. The average Bonchev–Trinajstić information content (AvgIpc) is 3.32. The number of carbonyl (C=O) groups is 1. The lowest BCUT2D eigenvalue weighted by Gasteiger charge is -2.35. The molecule has 2 saturated heterocycles. The molecule has 0 unspecified atom stereocenters. The van der Waals surface area contributed by atoms with Gasteiger partial charge in [-0.05, 0) is 18.2 Å². The van der Waals surface area contributed by atoms with Crippen molar-refractivity contribution in [1.29, 1.82) is 0 Å². The minimum atomic E-state index is -1.38. The molecule has 3 aliphatic rings. The van der Waals surface area contributed by atoms with Crippen LogP contribution in [-0.4, -0.2) is 57.3 Å². The molecule has 0 saturated carbocycles. The van der Waals surface area contributed by atoms with Gasteiger partial charge >= 0.3 is 0 Å². The molecule has 1 N–H and O–H groups in total. The van der Waals surface area contributed by atoms with Crippen molar-refractivity contribution in [2.45, 2.75) is 11.9 Å². The van der Waals surface area contributed by atoms with Gasteiger partial charge in [0.05, 0.1) is 56.1 Å². The second kappa shape index (κ2) is 7.81. The Morgan fingerprint density at radius 1 is 1.10 bits per heavy atom. The lowest BCUT2D eigenvalue weighted by molar-refractivity contribution is -0.899. The van der Waals surface area contributed by atoms with Gasteiger partial charge in [-0.3, -0.25) is 9.69 Å². The second-order valence-corrected chi connectivity index (χ2v) is 8.23. The van der Waals surface area contributed by atoms with Crippen LogP contribution in [0.5, 0.6) is 0 Å². The van der Waals surface area contributed by atoms with Gasteiger partial charge in [-0.25, -0.2) is 4.39 Å². The van der Waals surface area contributed by atoms with Crippen LogP contribution in [0.3, 0.4) is 0 Å². The molecular weight excluding hydrogens is 409 g/mol. The molecule has 0 aliphatic carbocycles. The van der Waals surface area contributed by atoms with Gasteiger partial charge in [0, 0.05) is 5.56 Å². The summed E-state index contributed by atoms with van der Waals surface area (Å²) in [7, 11) is 0. The molecule has 3 aliphatic heterocycles. The Morgan fingerprint density at radius 3 is 2.50 bits per heavy atom. The molecule has 0 bridgehead atoms. The van der Waals surface area contributed by atoms with Crippen LogP contribution in [-0.2, 0) is 20.1 Å². The zero-order valence-electron chi connectivity index (χ0n) is 16.5. The fraction of sp³-hybridized carbons (Fsp3) is 0.409. The molecule has 0 radical (unpaired) electrons. The van der Waals surface area contributed by atoms with Crippen molar-refractivity contribution in [3.05, 3.63) is 59.9 Å². The largest absolute Gasteiger partial charge is 0.358 e. The molecule has 158 valence electrons. The number of rotatable bonds is 4. The van der Waals surface area contributed by atoms with Gasteiger partial charge in [0.2, 0.25) is 0 Å². The number of hydrogen-bond acceptors (Lipinski definition) is 4. The number of para-hydroxylation sites is 2. The maximum absolute atomic E-state index is 14.1. The third kappa shape index (κ3) is 3.17. The molecule has 1 amide bonds. The number of halogens is 2. The molecule has 8 heteroatoms. The Bertz CT molecular complexity index is 953. The highest BCUT2D eigenvalue weighted by atomic mass is 35.5. The molecular formula is C22H24ClFN3O3+. The van der Waals surface area contributed by atoms with Crippen molar-refractivity contribution in [3.63, 3.8) is 0 Å². The molecule has 5 rings (SSSR count). The first-order valence-corrected chi connectivity index (χ1v) is 10.8. The van der Waals surface area contributed by atoms with Crippen molar-refractivity contribution < 1.29 is 23.6 Å². The molecule has 2 aromatic carbocycles. The van der Waals surface area contributed by atoms with E-state index in [1.807, 2.05) is 36.4 Å². The van der Waals surface area contributed by atoms with Gasteiger partial charge in [0.25, 0.3) is 11.7 Å². The van der Waals surface area contributed by atoms with Crippen molar-refractivity contribution in [2.75, 3.05) is 55.1 Å². The normalized spacial score (nSPS) is 26.6. The SMILES string of the molecule is O=C1N(C[NH+]2CCN(c3ccccc3F)CC2)c2ccccc2[C@@]12OC[C@@H](CCl)O2. The fourth-order valence-electron chi connectivity index (χ4n) is 4.54. The van der Waals surface area contributed by atoms with Crippen LogP contribution in [0.15, 0.2) is 48.5 Å². The zero-order valence-corrected chi connectivity index (χ0v) is 17.3. The zero-order chi connectivity index (χ0) is 20.7. The molecule has 2 fully saturated rings. The number of hydrogen-bond donors (Lipinski definition) is 1. The number of quaternary nitrogens is 1. The van der Waals surface area contributed by atoms with E-state index in [2.05, 4.69) is 4.90 Å². The standard InChI is InChI=1S/C22H23ClFN3O3/c23-13-16-14-29-22(30-16)17-5-1-3-7-19(17)27(21(22)28)15-25-9-11-26(12-10-25)20-8-4-2-6-18(20)24/h1-8,16H,9-15H2/p+1/t16-,22+/m1/s1. The Morgan fingerprint density at radius 2 is 1.80 bits per heavy atom. The summed E-state index contributed by atoms with van der Waals surface area (Å²) in [5.41, 5.74) is 2.20. The summed E-state index contributed by atoms with van der Waals surface area (Å²) < 4.78 is 26.0. The van der Waals surface area contributed by atoms with Crippen molar-refractivity contribution in [3.8, 4) is 0 Å². The van der Waals surface area contributed by atoms with Crippen molar-refractivity contribution in [2.24, 2.45) is 0 Å². The summed E-state index contributed by atoms with van der Waals surface area (Å²) >= 11 is 5.95. The van der Waals surface area contributed by atoms with Gasteiger partial charge in [-0.2, -0.15) is 0 Å². The van der Waals surface area contributed by atoms with Crippen LogP contribution in [0.1, 0.15) is 5.56 Å². The highest BCUT2D eigenvalue weighted by Gasteiger charge is 2.58. The predicted molar refractivity (Wildman–Crippen MR) is 111 cm³/mol. The van der Waals surface area contributed by atoms with E-state index >= 15 is 0 Å². The molecule has 30 heavy (non-hydrogen) atoms. The summed E-state index contributed by atoms with van der Waals surface area (Å²) in [6, 6.07) is 14.5. The first kappa shape index (κ1) is 19.8. The van der Waals surface area contributed by atoms with E-state index in [-0.39, 0.29) is 23.7 Å². The molecule has 6 nitrogen and oxygen atoms in total. The van der Waals surface area contributed by atoms with E-state index in [0.717, 1.165) is 37.4 Å². The first-order chi connectivity index (χ1) is 14.6. The average molecular weight is 433 g/mol. The van der Waals surface area contributed by atoms with Crippen molar-refractivity contribution >= 4 is 28.9 Å². The van der Waals surface area contributed by atoms with E-state index in [0.29, 0.717) is 19.0 Å². The van der Waals surface area contributed by atoms with E-state index in [1.165, 1.54) is 11.0 Å². The van der Waals surface area contributed by atoms with Crippen molar-refractivity contribution in [1.82, 2.24) is 0 Å². The number of carbonyl (C=O) groups excluding carboxylic acids is 1. The highest BCUT2D eigenvalue weighted by Crippen LogP contribution is 2.46. The lowest BCUT2D eigenvalue weighted by atomic mass is 10.1. The molecule has 3 heterocycles. The van der Waals surface area contributed by atoms with E-state index in [9.17, 15) is 9.18 Å². The molecule has 2 atom stereocenters. The Hall–Kier alpha value is -2.19. The number of anilines is 2. The number of alkyl halides is 1. The molecule has 0 aromatic heterocycles. The van der Waals surface area contributed by atoms with E-state index in [1.54, 1.807) is 11.0 Å². The van der Waals surface area contributed by atoms with Gasteiger partial charge in [-0.15, -0.1) is 11.6 Å². The maximum atomic E-state index is 14.1. The minimum Gasteiger partial charge on any atom is -0.358 e. The quantitative estimate of drug-likeness (QED) is 0.741. The van der Waals surface area contributed by atoms with Crippen LogP contribution in [0, 0.1) is 5.82 Å². The van der Waals surface area contributed by atoms with Gasteiger partial charge in [-0.1, -0.05) is 30.3 Å². The molecule has 2 aromatic rings. The van der Waals surface area contributed by atoms with Crippen LogP contribution in [0.4, 0.5) is 15.8 Å². The van der Waals surface area contributed by atoms with Gasteiger partial charge < -0.3 is 19.3 Å². The van der Waals surface area contributed by atoms with Crippen LogP contribution >= 0.6 is 11.6 Å². The van der Waals surface area contributed by atoms with E-state index < -0.39 is 5.79 Å². The Kier molecular flexibility index (Phi) is 5.14. The van der Waals surface area contributed by atoms with E-state index in [4.69, 9.17) is 21.1 Å². The smallest absolute Gasteiger partial charge is 0.296 e. The number of nitrogens with one attached hydrogen (secondary N) is 1. The number of fused-ring (bicyclic) bond motifs is 2. The van der Waals surface area contributed by atoms with Crippen LogP contribution < -0.4 is 14.7 Å². The summed E-state index contributed by atoms with van der Waals surface area (Å²) in [5.74, 6) is -1.50. The highest BCUT2D eigenvalue weighted by molar-refractivity contribution is 6.18. The Balaban J connectivity index is 1.31. The summed E-state index contributed by atoms with van der Waals surface area (Å²) in [4.78, 5) is 18.5. The predicted octanol–water partition coefficient (Wildman–Crippen LogP) is 1.34. The second-order valence-electron chi connectivity index (χ2n) is 7.92. The molecule has 1 spiro atoms. The summed E-state index contributed by atoms with van der Waals surface area (Å²) in [5, 5.41) is 0. The van der Waals surface area contributed by atoms with Crippen LogP contribution in [0.25, 0.3) is 0 Å².